The Morgan fingerprint density at radius 1 is 0.897 bits per heavy atom. The number of urea groups is 1. The number of hydrogen-bond donors (Lipinski definition) is 1. The molecule has 0 spiro atoms. The molecule has 1 saturated heterocycles. The van der Waals surface area contributed by atoms with E-state index >= 15 is 0 Å². The molecule has 1 aliphatic rings. The highest BCUT2D eigenvalue weighted by Crippen LogP contribution is 2.28. The van der Waals surface area contributed by atoms with Crippen LogP contribution in [-0.2, 0) is 22.6 Å². The number of fused-ring (bicyclic) bond motifs is 1. The first kappa shape index (κ1) is 25.8. The topological polar surface area (TPSA) is 89.9 Å². The summed E-state index contributed by atoms with van der Waals surface area (Å²) in [7, 11) is 1.61. The molecule has 0 radical (unpaired) electrons. The van der Waals surface area contributed by atoms with Gasteiger partial charge in [-0.3, -0.25) is 14.9 Å². The van der Waals surface area contributed by atoms with Crippen molar-refractivity contribution >= 4 is 40.5 Å². The number of anilines is 1. The van der Waals surface area contributed by atoms with Crippen molar-refractivity contribution in [2.24, 2.45) is 0 Å². The summed E-state index contributed by atoms with van der Waals surface area (Å²) in [6, 6.07) is 21.7. The van der Waals surface area contributed by atoms with E-state index in [1.807, 2.05) is 73.8 Å². The van der Waals surface area contributed by atoms with E-state index in [9.17, 15) is 14.4 Å². The number of benzene rings is 3. The highest BCUT2D eigenvalue weighted by Gasteiger charge is 2.37. The van der Waals surface area contributed by atoms with Gasteiger partial charge in [0, 0.05) is 29.2 Å². The van der Waals surface area contributed by atoms with E-state index < -0.39 is 17.8 Å². The number of rotatable bonds is 9. The first-order chi connectivity index (χ1) is 19.0. The van der Waals surface area contributed by atoms with E-state index in [4.69, 9.17) is 9.47 Å². The molecule has 4 aromatic rings. The summed E-state index contributed by atoms with van der Waals surface area (Å²) in [5, 5.41) is 3.20. The van der Waals surface area contributed by atoms with Crippen molar-refractivity contribution < 1.29 is 23.9 Å². The Morgan fingerprint density at radius 3 is 2.36 bits per heavy atom. The van der Waals surface area contributed by atoms with Crippen LogP contribution in [0, 0.1) is 0 Å². The number of para-hydroxylation sites is 3. The van der Waals surface area contributed by atoms with Gasteiger partial charge in [-0.15, -0.1) is 0 Å². The van der Waals surface area contributed by atoms with Crippen LogP contribution in [0.2, 0.25) is 0 Å². The standard InChI is InChI=1S/C31H29N3O5/c1-3-21-13-15-23(16-14-21)34-30(36)25(29(35)32-31(34)37)19-22-20-33(26-10-5-4-9-24(22)26)17-8-18-39-28-12-7-6-11-27(28)38-2/h4-7,9-16,19-20H,3,8,17-18H2,1-2H3,(H,32,35,37)/b25-19+. The lowest BCUT2D eigenvalue weighted by Crippen LogP contribution is -2.54. The third-order valence-corrected chi connectivity index (χ3v) is 6.69. The number of amides is 4. The van der Waals surface area contributed by atoms with E-state index in [0.717, 1.165) is 34.2 Å². The number of nitrogens with zero attached hydrogens (tertiary/aromatic N) is 2. The monoisotopic (exact) mass is 523 g/mol. The number of carbonyl (C=O) groups excluding carboxylic acids is 3. The number of aromatic nitrogens is 1. The molecule has 0 saturated carbocycles. The van der Waals surface area contributed by atoms with Gasteiger partial charge in [-0.25, -0.2) is 9.69 Å². The minimum Gasteiger partial charge on any atom is -0.493 e. The van der Waals surface area contributed by atoms with Crippen molar-refractivity contribution in [1.82, 2.24) is 9.88 Å². The minimum atomic E-state index is -0.760. The first-order valence-corrected chi connectivity index (χ1v) is 12.8. The van der Waals surface area contributed by atoms with Crippen molar-refractivity contribution in [3.05, 3.63) is 95.7 Å². The van der Waals surface area contributed by atoms with Gasteiger partial charge in [0.1, 0.15) is 5.57 Å². The quantitative estimate of drug-likeness (QED) is 0.182. The van der Waals surface area contributed by atoms with E-state index in [1.165, 1.54) is 0 Å². The average Bonchev–Trinajstić information content (AvgIpc) is 3.31. The summed E-state index contributed by atoms with van der Waals surface area (Å²) in [4.78, 5) is 39.7. The Morgan fingerprint density at radius 2 is 1.62 bits per heavy atom. The SMILES string of the molecule is CCc1ccc(N2C(=O)NC(=O)/C(=C\c3cn(CCCOc4ccccc4OC)c4ccccc34)C2=O)cc1. The number of ether oxygens (including phenoxy) is 2. The van der Waals surface area contributed by atoms with Gasteiger partial charge in [-0.05, 0) is 54.8 Å². The fraction of sp³-hybridized carbons (Fsp3) is 0.194. The van der Waals surface area contributed by atoms with Gasteiger partial charge in [0.15, 0.2) is 11.5 Å². The molecule has 198 valence electrons. The molecule has 3 aromatic carbocycles. The predicted molar refractivity (Wildman–Crippen MR) is 150 cm³/mol. The molecular formula is C31H29N3O5. The maximum atomic E-state index is 13.4. The van der Waals surface area contributed by atoms with E-state index in [-0.39, 0.29) is 5.57 Å². The Balaban J connectivity index is 1.38. The summed E-state index contributed by atoms with van der Waals surface area (Å²) < 4.78 is 13.3. The van der Waals surface area contributed by atoms with E-state index in [1.54, 1.807) is 25.3 Å². The van der Waals surface area contributed by atoms with Crippen molar-refractivity contribution in [2.45, 2.75) is 26.3 Å². The highest BCUT2D eigenvalue weighted by atomic mass is 16.5. The van der Waals surface area contributed by atoms with Crippen molar-refractivity contribution in [1.29, 1.82) is 0 Å². The van der Waals surface area contributed by atoms with Crippen LogP contribution in [-0.4, -0.2) is 36.1 Å². The van der Waals surface area contributed by atoms with Gasteiger partial charge in [0.2, 0.25) is 0 Å². The lowest BCUT2D eigenvalue weighted by molar-refractivity contribution is -0.122. The molecule has 0 bridgehead atoms. The van der Waals surface area contributed by atoms with Gasteiger partial charge in [-0.1, -0.05) is 49.4 Å². The second-order valence-electron chi connectivity index (χ2n) is 9.13. The second kappa shape index (κ2) is 11.3. The zero-order chi connectivity index (χ0) is 27.4. The molecular weight excluding hydrogens is 494 g/mol. The first-order valence-electron chi connectivity index (χ1n) is 12.8. The van der Waals surface area contributed by atoms with Crippen molar-refractivity contribution in [3.8, 4) is 11.5 Å². The third-order valence-electron chi connectivity index (χ3n) is 6.69. The molecule has 0 aliphatic carbocycles. The van der Waals surface area contributed by atoms with Crippen LogP contribution in [0.5, 0.6) is 11.5 Å². The Labute approximate surface area is 226 Å². The molecule has 4 amide bonds. The number of methoxy groups -OCH3 is 1. The maximum Gasteiger partial charge on any atom is 0.335 e. The zero-order valence-electron chi connectivity index (χ0n) is 21.8. The van der Waals surface area contributed by atoms with Crippen LogP contribution in [0.3, 0.4) is 0 Å². The lowest BCUT2D eigenvalue weighted by atomic mass is 10.1. The van der Waals surface area contributed by atoms with Gasteiger partial charge in [0.25, 0.3) is 11.8 Å². The molecule has 2 heterocycles. The number of hydrogen-bond acceptors (Lipinski definition) is 5. The Hall–Kier alpha value is -4.85. The number of nitrogens with one attached hydrogen (secondary N) is 1. The summed E-state index contributed by atoms with van der Waals surface area (Å²) >= 11 is 0. The average molecular weight is 524 g/mol. The smallest absolute Gasteiger partial charge is 0.335 e. The lowest BCUT2D eigenvalue weighted by Gasteiger charge is -2.26. The number of imide groups is 2. The molecule has 1 aromatic heterocycles. The molecule has 8 nitrogen and oxygen atoms in total. The van der Waals surface area contributed by atoms with Crippen LogP contribution >= 0.6 is 0 Å². The Kier molecular flexibility index (Phi) is 7.45. The van der Waals surface area contributed by atoms with Crippen LogP contribution in [0.4, 0.5) is 10.5 Å². The van der Waals surface area contributed by atoms with Gasteiger partial charge < -0.3 is 14.0 Å². The van der Waals surface area contributed by atoms with E-state index in [2.05, 4.69) is 9.88 Å². The molecule has 0 unspecified atom stereocenters. The maximum absolute atomic E-state index is 13.4. The van der Waals surface area contributed by atoms with Gasteiger partial charge >= 0.3 is 6.03 Å². The minimum absolute atomic E-state index is 0.100. The predicted octanol–water partition coefficient (Wildman–Crippen LogP) is 5.35. The van der Waals surface area contributed by atoms with Crippen LogP contribution < -0.4 is 19.7 Å². The summed E-state index contributed by atoms with van der Waals surface area (Å²) in [5.74, 6) is -0.00126. The number of aryl methyl sites for hydroxylation is 2. The number of barbiturate groups is 1. The zero-order valence-corrected chi connectivity index (χ0v) is 21.8. The Bertz CT molecular complexity index is 1570. The molecule has 1 aliphatic heterocycles. The fourth-order valence-corrected chi connectivity index (χ4v) is 4.66. The molecule has 1 N–H and O–H groups in total. The summed E-state index contributed by atoms with van der Waals surface area (Å²) in [5.41, 5.74) is 3.07. The second-order valence-corrected chi connectivity index (χ2v) is 9.13. The number of carbonyl (C=O) groups is 3. The molecule has 5 rings (SSSR count). The van der Waals surface area contributed by atoms with Gasteiger partial charge in [0.05, 0.1) is 19.4 Å². The normalized spacial score (nSPS) is 14.7. The third kappa shape index (κ3) is 5.27. The van der Waals surface area contributed by atoms with Crippen molar-refractivity contribution in [2.75, 3.05) is 18.6 Å². The highest BCUT2D eigenvalue weighted by molar-refractivity contribution is 6.39. The summed E-state index contributed by atoms with van der Waals surface area (Å²) in [6.07, 6.45) is 5.03. The molecule has 1 fully saturated rings. The molecule has 0 atom stereocenters. The van der Waals surface area contributed by atoms with Gasteiger partial charge in [-0.2, -0.15) is 0 Å². The van der Waals surface area contributed by atoms with Crippen LogP contribution in [0.25, 0.3) is 17.0 Å². The van der Waals surface area contributed by atoms with E-state index in [0.29, 0.717) is 35.9 Å². The van der Waals surface area contributed by atoms with Crippen LogP contribution in [0.15, 0.2) is 84.6 Å². The fourth-order valence-electron chi connectivity index (χ4n) is 4.66. The van der Waals surface area contributed by atoms with Crippen molar-refractivity contribution in [3.63, 3.8) is 0 Å². The molecule has 39 heavy (non-hydrogen) atoms. The van der Waals surface area contributed by atoms with Crippen LogP contribution in [0.1, 0.15) is 24.5 Å². The largest absolute Gasteiger partial charge is 0.493 e. The molecule has 8 heteroatoms. The summed E-state index contributed by atoms with van der Waals surface area (Å²) in [6.45, 7) is 3.17.